The molecule has 1 unspecified atom stereocenters. The third-order valence-corrected chi connectivity index (χ3v) is 7.09. The van der Waals surface area contributed by atoms with E-state index in [9.17, 15) is 9.59 Å². The number of amides is 2. The molecular weight excluding hydrogens is 488 g/mol. The van der Waals surface area contributed by atoms with Gasteiger partial charge in [0.1, 0.15) is 5.82 Å². The fraction of sp³-hybridized carbons (Fsp3) is 0.290. The van der Waals surface area contributed by atoms with Crippen LogP contribution in [0.25, 0.3) is 11.1 Å². The Hall–Kier alpha value is -4.46. The molecule has 39 heavy (non-hydrogen) atoms. The van der Waals surface area contributed by atoms with Crippen LogP contribution < -0.4 is 10.6 Å². The predicted molar refractivity (Wildman–Crippen MR) is 154 cm³/mol. The van der Waals surface area contributed by atoms with Gasteiger partial charge in [0, 0.05) is 61.3 Å². The molecule has 1 saturated heterocycles. The van der Waals surface area contributed by atoms with Gasteiger partial charge in [0.15, 0.2) is 0 Å². The van der Waals surface area contributed by atoms with E-state index in [0.29, 0.717) is 35.8 Å². The molecule has 0 aliphatic carbocycles. The molecule has 2 aromatic carbocycles. The van der Waals surface area contributed by atoms with Gasteiger partial charge in [0.05, 0.1) is 11.8 Å². The normalized spacial score (nSPS) is 15.0. The molecule has 1 aliphatic heterocycles. The quantitative estimate of drug-likeness (QED) is 0.335. The highest BCUT2D eigenvalue weighted by Gasteiger charge is 2.28. The number of likely N-dealkylation sites (tertiary alicyclic amines) is 1. The Morgan fingerprint density at radius 3 is 2.41 bits per heavy atom. The molecule has 0 radical (unpaired) electrons. The number of aryl methyl sites for hydroxylation is 2. The lowest BCUT2D eigenvalue weighted by molar-refractivity contribution is 0.0790. The molecular formula is C31H34N6O2. The molecule has 2 aromatic heterocycles. The number of nitrogens with one attached hydrogen (secondary N) is 2. The van der Waals surface area contributed by atoms with E-state index < -0.39 is 0 Å². The summed E-state index contributed by atoms with van der Waals surface area (Å²) in [5.41, 5.74) is 5.99. The van der Waals surface area contributed by atoms with E-state index in [-0.39, 0.29) is 17.9 Å². The van der Waals surface area contributed by atoms with Crippen molar-refractivity contribution in [3.8, 4) is 11.1 Å². The summed E-state index contributed by atoms with van der Waals surface area (Å²) in [6.45, 7) is 7.35. The first-order valence-corrected chi connectivity index (χ1v) is 13.3. The molecule has 5 rings (SSSR count). The molecule has 2 N–H and O–H groups in total. The first kappa shape index (κ1) is 26.2. The second kappa shape index (κ2) is 11.1. The Balaban J connectivity index is 1.23. The van der Waals surface area contributed by atoms with Crippen molar-refractivity contribution in [2.75, 3.05) is 23.7 Å². The molecule has 8 heteroatoms. The number of carbonyl (C=O) groups is 2. The number of benzene rings is 2. The molecule has 0 bridgehead atoms. The molecule has 3 heterocycles. The number of hydrogen-bond acceptors (Lipinski definition) is 5. The number of rotatable bonds is 7. The van der Waals surface area contributed by atoms with E-state index in [1.807, 2.05) is 57.2 Å². The van der Waals surface area contributed by atoms with Gasteiger partial charge < -0.3 is 15.5 Å². The summed E-state index contributed by atoms with van der Waals surface area (Å²) in [5, 5.41) is 10.4. The molecule has 8 nitrogen and oxygen atoms in total. The van der Waals surface area contributed by atoms with Gasteiger partial charge in [-0.25, -0.2) is 4.98 Å². The van der Waals surface area contributed by atoms with Crippen molar-refractivity contribution in [3.05, 3.63) is 95.4 Å². The van der Waals surface area contributed by atoms with Crippen LogP contribution in [-0.2, 0) is 7.05 Å². The fourth-order valence-electron chi connectivity index (χ4n) is 4.91. The van der Waals surface area contributed by atoms with Crippen LogP contribution in [0.3, 0.4) is 0 Å². The minimum Gasteiger partial charge on any atom is -0.368 e. The summed E-state index contributed by atoms with van der Waals surface area (Å²) < 4.78 is 1.80. The number of anilines is 2. The summed E-state index contributed by atoms with van der Waals surface area (Å²) in [4.78, 5) is 32.5. The Kier molecular flexibility index (Phi) is 7.45. The number of nitrogens with zero attached hydrogens (tertiary/aromatic N) is 4. The maximum atomic E-state index is 13.4. The summed E-state index contributed by atoms with van der Waals surface area (Å²) >= 11 is 0. The van der Waals surface area contributed by atoms with Crippen molar-refractivity contribution in [1.82, 2.24) is 19.7 Å². The van der Waals surface area contributed by atoms with Crippen LogP contribution in [0.4, 0.5) is 11.5 Å². The molecule has 0 spiro atoms. The second-order valence-corrected chi connectivity index (χ2v) is 10.5. The van der Waals surface area contributed by atoms with Crippen molar-refractivity contribution in [1.29, 1.82) is 0 Å². The topological polar surface area (TPSA) is 92.2 Å². The van der Waals surface area contributed by atoms with Crippen LogP contribution in [-0.4, -0.2) is 50.6 Å². The predicted octanol–water partition coefficient (Wildman–Crippen LogP) is 5.49. The van der Waals surface area contributed by atoms with Gasteiger partial charge in [-0.3, -0.25) is 14.3 Å². The standard InChI is InChI=1S/C31H34N6O2/c1-20(2)34-29-12-11-25(16-32-29)30(38)35-28-15-24(6-5-21(28)3)31(39)37-14-13-26(19-37)22-7-9-23(10-8-22)27-17-33-36(4)18-27/h5-12,15-18,20,26H,13-14,19H2,1-4H3,(H,32,34)(H,35,38). The zero-order valence-corrected chi connectivity index (χ0v) is 22.8. The van der Waals surface area contributed by atoms with E-state index in [4.69, 9.17) is 0 Å². The smallest absolute Gasteiger partial charge is 0.257 e. The highest BCUT2D eigenvalue weighted by molar-refractivity contribution is 6.05. The molecule has 2 amide bonds. The van der Waals surface area contributed by atoms with Crippen molar-refractivity contribution >= 4 is 23.3 Å². The number of aromatic nitrogens is 3. The average molecular weight is 523 g/mol. The number of carbonyl (C=O) groups excluding carboxylic acids is 2. The third kappa shape index (κ3) is 6.00. The zero-order chi connectivity index (χ0) is 27.5. The first-order valence-electron chi connectivity index (χ1n) is 13.3. The summed E-state index contributed by atoms with van der Waals surface area (Å²) in [6.07, 6.45) is 6.34. The van der Waals surface area contributed by atoms with Gasteiger partial charge >= 0.3 is 0 Å². The summed E-state index contributed by atoms with van der Waals surface area (Å²) in [5.74, 6) is 0.730. The highest BCUT2D eigenvalue weighted by atomic mass is 16.2. The van der Waals surface area contributed by atoms with E-state index in [1.54, 1.807) is 29.1 Å². The minimum atomic E-state index is -0.262. The lowest BCUT2D eigenvalue weighted by Crippen LogP contribution is -2.28. The van der Waals surface area contributed by atoms with Crippen LogP contribution in [0.2, 0.25) is 0 Å². The van der Waals surface area contributed by atoms with E-state index in [0.717, 1.165) is 28.9 Å². The van der Waals surface area contributed by atoms with Crippen LogP contribution in [0.1, 0.15) is 58.0 Å². The molecule has 4 aromatic rings. The Labute approximate surface area is 229 Å². The van der Waals surface area contributed by atoms with Crippen LogP contribution in [0, 0.1) is 6.92 Å². The zero-order valence-electron chi connectivity index (χ0n) is 22.8. The largest absolute Gasteiger partial charge is 0.368 e. The third-order valence-electron chi connectivity index (χ3n) is 7.09. The van der Waals surface area contributed by atoms with Crippen molar-refractivity contribution in [2.24, 2.45) is 7.05 Å². The van der Waals surface area contributed by atoms with Gasteiger partial charge in [-0.15, -0.1) is 0 Å². The van der Waals surface area contributed by atoms with Gasteiger partial charge in [-0.1, -0.05) is 30.3 Å². The number of pyridine rings is 1. The average Bonchev–Trinajstić information content (AvgIpc) is 3.59. The summed E-state index contributed by atoms with van der Waals surface area (Å²) in [7, 11) is 1.91. The van der Waals surface area contributed by atoms with Crippen LogP contribution >= 0.6 is 0 Å². The maximum absolute atomic E-state index is 13.4. The molecule has 200 valence electrons. The lowest BCUT2D eigenvalue weighted by atomic mass is 9.96. The van der Waals surface area contributed by atoms with Gasteiger partial charge in [0.2, 0.25) is 0 Å². The van der Waals surface area contributed by atoms with E-state index in [2.05, 4.69) is 45.0 Å². The molecule has 1 fully saturated rings. The molecule has 1 aliphatic rings. The van der Waals surface area contributed by atoms with Crippen LogP contribution in [0.5, 0.6) is 0 Å². The molecule has 1 atom stereocenters. The Morgan fingerprint density at radius 2 is 1.74 bits per heavy atom. The maximum Gasteiger partial charge on any atom is 0.257 e. The Bertz CT molecular complexity index is 1470. The monoisotopic (exact) mass is 522 g/mol. The van der Waals surface area contributed by atoms with Gasteiger partial charge in [0.25, 0.3) is 11.8 Å². The Morgan fingerprint density at radius 1 is 0.974 bits per heavy atom. The highest BCUT2D eigenvalue weighted by Crippen LogP contribution is 2.30. The van der Waals surface area contributed by atoms with Gasteiger partial charge in [-0.2, -0.15) is 5.10 Å². The fourth-order valence-corrected chi connectivity index (χ4v) is 4.91. The SMILES string of the molecule is Cc1ccc(C(=O)N2CCC(c3ccc(-c4cnn(C)c4)cc3)C2)cc1NC(=O)c1ccc(NC(C)C)nc1. The van der Waals surface area contributed by atoms with Crippen LogP contribution in [0.15, 0.2) is 73.2 Å². The lowest BCUT2D eigenvalue weighted by Gasteiger charge is -2.18. The number of hydrogen-bond donors (Lipinski definition) is 2. The van der Waals surface area contributed by atoms with Crippen molar-refractivity contribution < 1.29 is 9.59 Å². The first-order chi connectivity index (χ1) is 18.8. The second-order valence-electron chi connectivity index (χ2n) is 10.5. The van der Waals surface area contributed by atoms with Crippen molar-refractivity contribution in [3.63, 3.8) is 0 Å². The van der Waals surface area contributed by atoms with E-state index >= 15 is 0 Å². The van der Waals surface area contributed by atoms with E-state index in [1.165, 1.54) is 5.56 Å². The minimum absolute atomic E-state index is 0.0224. The molecule has 0 saturated carbocycles. The van der Waals surface area contributed by atoms with Gasteiger partial charge in [-0.05, 0) is 68.1 Å². The van der Waals surface area contributed by atoms with Crippen molar-refractivity contribution in [2.45, 2.75) is 39.2 Å². The summed E-state index contributed by atoms with van der Waals surface area (Å²) in [6, 6.07) is 17.8.